The number of ether oxygens (including phenoxy) is 2. The van der Waals surface area contributed by atoms with Gasteiger partial charge in [-0.05, 0) is 49.1 Å². The fraction of sp³-hybridized carbons (Fsp3) is 0.462. The van der Waals surface area contributed by atoms with Crippen LogP contribution in [0.5, 0.6) is 0 Å². The van der Waals surface area contributed by atoms with Crippen LogP contribution in [0.1, 0.15) is 19.4 Å². The molecule has 1 saturated heterocycles. The van der Waals surface area contributed by atoms with Crippen molar-refractivity contribution in [2.75, 3.05) is 37.6 Å². The number of hydrogen-bond donors (Lipinski definition) is 2. The van der Waals surface area contributed by atoms with Gasteiger partial charge >= 0.3 is 11.9 Å². The van der Waals surface area contributed by atoms with E-state index in [1.54, 1.807) is 0 Å². The summed E-state index contributed by atoms with van der Waals surface area (Å²) in [6.07, 6.45) is -5.22. The number of benzene rings is 2. The summed E-state index contributed by atoms with van der Waals surface area (Å²) in [4.78, 5) is 20.6. The van der Waals surface area contributed by atoms with Crippen LogP contribution in [0.25, 0.3) is 10.9 Å². The average Bonchev–Trinajstić information content (AvgIpc) is 3.03. The lowest BCUT2D eigenvalue weighted by Gasteiger charge is -2.37. The molecule has 0 saturated carbocycles. The summed E-state index contributed by atoms with van der Waals surface area (Å²) in [6, 6.07) is 6.44. The normalized spacial score (nSPS) is 24.7. The van der Waals surface area contributed by atoms with Gasteiger partial charge in [-0.25, -0.2) is 9.18 Å². The molecule has 0 spiro atoms. The van der Waals surface area contributed by atoms with Gasteiger partial charge in [0.25, 0.3) is 0 Å². The SMILES string of the molecule is COCO[C@H]1Cn2c(=O)nc(N3C[C@@H](C)N[C@@H](C)C3)c3cc(C(F)(F)F)cc(c32)[SH](c2ccc(F)c(Cl)c2)C1. The molecule has 1 aromatic heterocycles. The van der Waals surface area contributed by atoms with Gasteiger partial charge in [0.1, 0.15) is 18.4 Å². The first kappa shape index (κ1) is 28.2. The molecule has 212 valence electrons. The van der Waals surface area contributed by atoms with Crippen LogP contribution in [0.2, 0.25) is 5.02 Å². The minimum absolute atomic E-state index is 0.0410. The van der Waals surface area contributed by atoms with Crippen molar-refractivity contribution in [2.24, 2.45) is 0 Å². The van der Waals surface area contributed by atoms with Crippen molar-refractivity contribution in [1.82, 2.24) is 14.9 Å². The van der Waals surface area contributed by atoms with Crippen molar-refractivity contribution in [3.63, 3.8) is 0 Å². The molecule has 3 heterocycles. The molecule has 1 unspecified atom stereocenters. The van der Waals surface area contributed by atoms with Crippen LogP contribution in [0.4, 0.5) is 23.4 Å². The number of nitrogens with zero attached hydrogens (tertiary/aromatic N) is 3. The Kier molecular flexibility index (Phi) is 7.86. The maximum atomic E-state index is 14.3. The Morgan fingerprint density at radius 2 is 1.87 bits per heavy atom. The van der Waals surface area contributed by atoms with Gasteiger partial charge in [0, 0.05) is 48.3 Å². The summed E-state index contributed by atoms with van der Waals surface area (Å²) in [5, 5.41) is 3.51. The van der Waals surface area contributed by atoms with Gasteiger partial charge in [-0.15, -0.1) is 0 Å². The van der Waals surface area contributed by atoms with Crippen molar-refractivity contribution in [3.8, 4) is 0 Å². The standard InChI is InChI=1S/C26H29ClF4N4O3S/c1-14-9-34(10-15(2)32-14)24-19-6-16(26(29,30)31)7-22-23(19)35(25(36)33-24)11-17(38-13-37-3)12-39(22)18-4-5-21(28)20(27)8-18/h4-8,14-15,17,32,39H,9-13H2,1-3H3/t14-,15+,17-/m0/s1. The highest BCUT2D eigenvalue weighted by Gasteiger charge is 2.36. The van der Waals surface area contributed by atoms with E-state index in [0.29, 0.717) is 28.4 Å². The fourth-order valence-corrected chi connectivity index (χ4v) is 8.29. The molecule has 0 bridgehead atoms. The summed E-state index contributed by atoms with van der Waals surface area (Å²) in [7, 11) is -0.0983. The van der Waals surface area contributed by atoms with Crippen molar-refractivity contribution in [1.29, 1.82) is 0 Å². The maximum absolute atomic E-state index is 14.3. The topological polar surface area (TPSA) is 68.6 Å². The first-order chi connectivity index (χ1) is 18.5. The Morgan fingerprint density at radius 1 is 1.15 bits per heavy atom. The van der Waals surface area contributed by atoms with E-state index in [1.807, 2.05) is 18.7 Å². The van der Waals surface area contributed by atoms with Crippen LogP contribution < -0.4 is 15.9 Å². The minimum atomic E-state index is -4.65. The second-order valence-corrected chi connectivity index (χ2v) is 12.6. The third-order valence-electron chi connectivity index (χ3n) is 6.92. The number of hydrogen-bond acceptors (Lipinski definition) is 6. The number of methoxy groups -OCH3 is 1. The molecule has 0 amide bonds. The summed E-state index contributed by atoms with van der Waals surface area (Å²) >= 11 is 6.11. The first-order valence-corrected chi connectivity index (χ1v) is 14.4. The molecular weight excluding hydrogens is 560 g/mol. The van der Waals surface area contributed by atoms with Gasteiger partial charge in [-0.1, -0.05) is 11.6 Å². The number of halogens is 5. The average molecular weight is 589 g/mol. The van der Waals surface area contributed by atoms with Crippen LogP contribution in [-0.4, -0.2) is 60.5 Å². The van der Waals surface area contributed by atoms with Gasteiger partial charge in [0.05, 0.1) is 28.8 Å². The first-order valence-electron chi connectivity index (χ1n) is 12.5. The molecule has 5 rings (SSSR count). The Balaban J connectivity index is 1.82. The molecule has 2 aliphatic heterocycles. The minimum Gasteiger partial charge on any atom is -0.359 e. The lowest BCUT2D eigenvalue weighted by atomic mass is 10.1. The fourth-order valence-electron chi connectivity index (χ4n) is 5.39. The van der Waals surface area contributed by atoms with Gasteiger partial charge in [-0.2, -0.15) is 29.1 Å². The highest BCUT2D eigenvalue weighted by atomic mass is 35.5. The third-order valence-corrected chi connectivity index (χ3v) is 9.80. The molecule has 3 aromatic rings. The molecule has 39 heavy (non-hydrogen) atoms. The second kappa shape index (κ2) is 10.9. The highest BCUT2D eigenvalue weighted by Crippen LogP contribution is 2.52. The number of thiol groups is 1. The molecule has 4 atom stereocenters. The van der Waals surface area contributed by atoms with Gasteiger partial charge < -0.3 is 19.7 Å². The number of alkyl halides is 3. The van der Waals surface area contributed by atoms with Gasteiger partial charge in [-0.3, -0.25) is 4.57 Å². The predicted molar refractivity (Wildman–Crippen MR) is 144 cm³/mol. The lowest BCUT2D eigenvalue weighted by Crippen LogP contribution is -2.55. The van der Waals surface area contributed by atoms with Crippen LogP contribution >= 0.6 is 22.5 Å². The van der Waals surface area contributed by atoms with E-state index in [-0.39, 0.29) is 47.4 Å². The van der Waals surface area contributed by atoms with Gasteiger partial charge in [0.2, 0.25) is 0 Å². The number of aromatic nitrogens is 2. The van der Waals surface area contributed by atoms with Crippen LogP contribution in [0.15, 0.2) is 44.9 Å². The molecule has 1 fully saturated rings. The molecule has 7 nitrogen and oxygen atoms in total. The quantitative estimate of drug-likeness (QED) is 0.253. The molecule has 2 aliphatic rings. The summed E-state index contributed by atoms with van der Waals surface area (Å²) in [5.41, 5.74) is -1.03. The largest absolute Gasteiger partial charge is 0.416 e. The number of piperazine rings is 1. The zero-order valence-corrected chi connectivity index (χ0v) is 23.2. The Morgan fingerprint density at radius 3 is 2.51 bits per heavy atom. The molecule has 2 aromatic carbocycles. The summed E-state index contributed by atoms with van der Waals surface area (Å²) in [6.45, 7) is 4.91. The molecule has 13 heteroatoms. The monoisotopic (exact) mass is 588 g/mol. The van der Waals surface area contributed by atoms with E-state index in [0.717, 1.165) is 12.1 Å². The molecule has 0 aliphatic carbocycles. The van der Waals surface area contributed by atoms with E-state index >= 15 is 0 Å². The molecule has 0 radical (unpaired) electrons. The van der Waals surface area contributed by atoms with E-state index < -0.39 is 40.2 Å². The molecule has 1 N–H and O–H groups in total. The van der Waals surface area contributed by atoms with Gasteiger partial charge in [0.15, 0.2) is 0 Å². The van der Waals surface area contributed by atoms with Crippen molar-refractivity contribution < 1.29 is 27.0 Å². The van der Waals surface area contributed by atoms with Crippen LogP contribution in [-0.2, 0) is 22.2 Å². The molecular formula is C26H29ClF4N4O3S. The van der Waals surface area contributed by atoms with Crippen molar-refractivity contribution in [3.05, 3.63) is 57.2 Å². The van der Waals surface area contributed by atoms with E-state index in [4.69, 9.17) is 21.1 Å². The third kappa shape index (κ3) is 5.62. The van der Waals surface area contributed by atoms with E-state index in [9.17, 15) is 22.4 Å². The van der Waals surface area contributed by atoms with E-state index in [1.165, 1.54) is 29.9 Å². The Bertz CT molecular complexity index is 1440. The number of anilines is 1. The predicted octanol–water partition coefficient (Wildman–Crippen LogP) is 4.82. The summed E-state index contributed by atoms with van der Waals surface area (Å²) in [5.74, 6) is -0.131. The van der Waals surface area contributed by atoms with Crippen LogP contribution in [0.3, 0.4) is 0 Å². The summed E-state index contributed by atoms with van der Waals surface area (Å²) < 4.78 is 69.3. The zero-order valence-electron chi connectivity index (χ0n) is 21.6. The second-order valence-electron chi connectivity index (χ2n) is 10.00. The number of nitrogens with one attached hydrogen (secondary N) is 1. The number of rotatable bonds is 5. The van der Waals surface area contributed by atoms with Crippen LogP contribution in [0, 0.1) is 5.82 Å². The Hall–Kier alpha value is -2.38. The Labute approximate surface area is 230 Å². The lowest BCUT2D eigenvalue weighted by molar-refractivity contribution is -0.137. The smallest absolute Gasteiger partial charge is 0.359 e. The van der Waals surface area contributed by atoms with Crippen molar-refractivity contribution >= 4 is 39.2 Å². The highest BCUT2D eigenvalue weighted by molar-refractivity contribution is 8.17. The van der Waals surface area contributed by atoms with E-state index in [2.05, 4.69) is 10.3 Å². The maximum Gasteiger partial charge on any atom is 0.416 e. The zero-order chi connectivity index (χ0) is 28.1. The van der Waals surface area contributed by atoms with Crippen molar-refractivity contribution in [2.45, 2.75) is 54.5 Å².